The first-order valence-electron chi connectivity index (χ1n) is 9.23. The van der Waals surface area contributed by atoms with E-state index in [-0.39, 0.29) is 16.9 Å². The van der Waals surface area contributed by atoms with E-state index in [9.17, 15) is 19.5 Å². The predicted octanol–water partition coefficient (Wildman–Crippen LogP) is 1.99. The maximum absolute atomic E-state index is 13.1. The maximum atomic E-state index is 13.1. The molecule has 2 heterocycles. The highest BCUT2D eigenvalue weighted by atomic mass is 16.3. The average Bonchev–Trinajstić information content (AvgIpc) is 2.62. The third-order valence-electron chi connectivity index (χ3n) is 5.67. The summed E-state index contributed by atoms with van der Waals surface area (Å²) in [5, 5.41) is 13.2. The van der Waals surface area contributed by atoms with Gasteiger partial charge in [0.05, 0.1) is 5.56 Å². The van der Waals surface area contributed by atoms with Gasteiger partial charge in [0.2, 0.25) is 0 Å². The molecule has 0 amide bonds. The molecule has 1 unspecified atom stereocenters. The van der Waals surface area contributed by atoms with Crippen LogP contribution < -0.4 is 16.6 Å². The number of aromatic hydroxyl groups is 1. The number of rotatable bonds is 1. The van der Waals surface area contributed by atoms with E-state index in [1.165, 1.54) is 11.6 Å². The van der Waals surface area contributed by atoms with E-state index in [1.807, 2.05) is 13.8 Å². The Balaban J connectivity index is 2.09. The number of phenolic OH excluding ortho intramolecular Hbond substituents is 1. The number of benzene rings is 1. The number of fused-ring (bicyclic) bond motifs is 1. The van der Waals surface area contributed by atoms with Gasteiger partial charge in [0.15, 0.2) is 5.78 Å². The molecule has 0 spiro atoms. The highest BCUT2D eigenvalue weighted by Crippen LogP contribution is 2.47. The van der Waals surface area contributed by atoms with Gasteiger partial charge in [-0.15, -0.1) is 0 Å². The summed E-state index contributed by atoms with van der Waals surface area (Å²) in [5.74, 6) is -0.184. The van der Waals surface area contributed by atoms with Gasteiger partial charge >= 0.3 is 5.69 Å². The fourth-order valence-corrected chi connectivity index (χ4v) is 4.39. The minimum absolute atomic E-state index is 0.0198. The standard InChI is InChI=1S/C21H23N3O4/c1-21(2)9-13-16(14(26)10-21)15(11-6-5-7-12(25)8-11)17-18(22-13)23(3)20(28)24(4)19(17)27/h5-8,15,22,25H,9-10H2,1-4H3. The summed E-state index contributed by atoms with van der Waals surface area (Å²) in [4.78, 5) is 38.7. The van der Waals surface area contributed by atoms with Crippen molar-refractivity contribution in [2.75, 3.05) is 5.32 Å². The molecule has 2 aromatic rings. The normalized spacial score (nSPS) is 20.4. The predicted molar refractivity (Wildman–Crippen MR) is 106 cm³/mol. The van der Waals surface area contributed by atoms with Crippen molar-refractivity contribution < 1.29 is 9.90 Å². The van der Waals surface area contributed by atoms with Crippen molar-refractivity contribution in [2.45, 2.75) is 32.6 Å². The molecule has 1 aliphatic heterocycles. The van der Waals surface area contributed by atoms with Gasteiger partial charge < -0.3 is 10.4 Å². The second-order valence-corrected chi connectivity index (χ2v) is 8.45. The van der Waals surface area contributed by atoms with Crippen LogP contribution in [0.4, 0.5) is 5.82 Å². The minimum Gasteiger partial charge on any atom is -0.508 e. The van der Waals surface area contributed by atoms with Crippen LogP contribution in [0, 0.1) is 5.41 Å². The zero-order chi connectivity index (χ0) is 20.4. The third-order valence-corrected chi connectivity index (χ3v) is 5.67. The first kappa shape index (κ1) is 18.3. The number of Topliss-reactive ketones (excluding diaryl/α,β-unsaturated/α-hetero) is 1. The number of nitrogens with zero attached hydrogens (tertiary/aromatic N) is 2. The van der Waals surface area contributed by atoms with Gasteiger partial charge in [0, 0.05) is 37.7 Å². The second-order valence-electron chi connectivity index (χ2n) is 8.45. The van der Waals surface area contributed by atoms with E-state index >= 15 is 0 Å². The number of hydrogen-bond acceptors (Lipinski definition) is 5. The van der Waals surface area contributed by atoms with Gasteiger partial charge in [-0.3, -0.25) is 18.7 Å². The Morgan fingerprint density at radius 3 is 2.50 bits per heavy atom. The van der Waals surface area contributed by atoms with Crippen LogP contribution >= 0.6 is 0 Å². The van der Waals surface area contributed by atoms with Crippen LogP contribution in [0.1, 0.15) is 43.7 Å². The monoisotopic (exact) mass is 381 g/mol. The molecule has 28 heavy (non-hydrogen) atoms. The van der Waals surface area contributed by atoms with Crippen LogP contribution in [0.5, 0.6) is 5.75 Å². The smallest absolute Gasteiger partial charge is 0.332 e. The van der Waals surface area contributed by atoms with Crippen molar-refractivity contribution in [1.29, 1.82) is 0 Å². The van der Waals surface area contributed by atoms with E-state index in [0.29, 0.717) is 35.4 Å². The van der Waals surface area contributed by atoms with E-state index in [1.54, 1.807) is 31.3 Å². The summed E-state index contributed by atoms with van der Waals surface area (Å²) in [6, 6.07) is 6.60. The average molecular weight is 381 g/mol. The maximum Gasteiger partial charge on any atom is 0.332 e. The molecule has 0 bridgehead atoms. The lowest BCUT2D eigenvalue weighted by molar-refractivity contribution is -0.118. The van der Waals surface area contributed by atoms with Gasteiger partial charge in [0.1, 0.15) is 11.6 Å². The summed E-state index contributed by atoms with van der Waals surface area (Å²) >= 11 is 0. The number of nitrogens with one attached hydrogen (secondary N) is 1. The van der Waals surface area contributed by atoms with Crippen molar-refractivity contribution in [3.05, 3.63) is 67.5 Å². The fourth-order valence-electron chi connectivity index (χ4n) is 4.39. The Labute approximate surface area is 161 Å². The molecule has 0 fully saturated rings. The molecule has 2 aliphatic rings. The molecule has 1 aliphatic carbocycles. The zero-order valence-electron chi connectivity index (χ0n) is 16.4. The van der Waals surface area contributed by atoms with E-state index in [0.717, 1.165) is 10.3 Å². The second kappa shape index (κ2) is 5.95. The Morgan fingerprint density at radius 1 is 1.11 bits per heavy atom. The molecular formula is C21H23N3O4. The Bertz CT molecular complexity index is 1170. The number of carbonyl (C=O) groups excluding carboxylic acids is 1. The van der Waals surface area contributed by atoms with Gasteiger partial charge in [-0.05, 0) is 29.5 Å². The quantitative estimate of drug-likeness (QED) is 0.788. The molecule has 4 rings (SSSR count). The van der Waals surface area contributed by atoms with Gasteiger partial charge in [-0.25, -0.2) is 4.79 Å². The summed E-state index contributed by atoms with van der Waals surface area (Å²) in [5.41, 5.74) is 1.20. The lowest BCUT2D eigenvalue weighted by Gasteiger charge is -2.39. The Hall–Kier alpha value is -3.09. The highest BCUT2D eigenvalue weighted by molar-refractivity contribution is 6.01. The van der Waals surface area contributed by atoms with Crippen LogP contribution in [-0.4, -0.2) is 20.0 Å². The number of allylic oxidation sites excluding steroid dienone is 2. The molecular weight excluding hydrogens is 358 g/mol. The number of phenols is 1. The molecule has 7 nitrogen and oxygen atoms in total. The largest absolute Gasteiger partial charge is 0.508 e. The van der Waals surface area contributed by atoms with Crippen LogP contribution in [0.2, 0.25) is 0 Å². The lowest BCUT2D eigenvalue weighted by atomic mass is 9.69. The van der Waals surface area contributed by atoms with Crippen LogP contribution in [0.15, 0.2) is 45.1 Å². The van der Waals surface area contributed by atoms with Gasteiger partial charge in [-0.2, -0.15) is 0 Å². The van der Waals surface area contributed by atoms with E-state index in [4.69, 9.17) is 0 Å². The Kier molecular flexibility index (Phi) is 3.89. The SMILES string of the molecule is Cn1c2c(c(=O)n(C)c1=O)C(c1cccc(O)c1)C1=C(CC(C)(C)CC1=O)N2. The number of aromatic nitrogens is 2. The minimum atomic E-state index is -0.632. The molecule has 2 N–H and O–H groups in total. The van der Waals surface area contributed by atoms with Crippen LogP contribution in [-0.2, 0) is 18.9 Å². The fraction of sp³-hybridized carbons (Fsp3) is 0.381. The first-order valence-corrected chi connectivity index (χ1v) is 9.23. The summed E-state index contributed by atoms with van der Waals surface area (Å²) in [6.07, 6.45) is 1.01. The zero-order valence-corrected chi connectivity index (χ0v) is 16.4. The van der Waals surface area contributed by atoms with Crippen molar-refractivity contribution in [2.24, 2.45) is 19.5 Å². The Morgan fingerprint density at radius 2 is 1.82 bits per heavy atom. The van der Waals surface area contributed by atoms with Crippen molar-refractivity contribution in [3.8, 4) is 5.75 Å². The van der Waals surface area contributed by atoms with Crippen molar-refractivity contribution >= 4 is 11.6 Å². The first-order chi connectivity index (χ1) is 13.1. The lowest BCUT2D eigenvalue weighted by Crippen LogP contribution is -2.45. The van der Waals surface area contributed by atoms with Crippen LogP contribution in [0.3, 0.4) is 0 Å². The highest BCUT2D eigenvalue weighted by Gasteiger charge is 2.42. The van der Waals surface area contributed by atoms with E-state index in [2.05, 4.69) is 5.32 Å². The molecule has 1 aromatic carbocycles. The number of anilines is 1. The molecule has 0 saturated heterocycles. The number of carbonyl (C=O) groups is 1. The van der Waals surface area contributed by atoms with Gasteiger partial charge in [-0.1, -0.05) is 26.0 Å². The van der Waals surface area contributed by atoms with E-state index < -0.39 is 17.2 Å². The molecule has 1 atom stereocenters. The third kappa shape index (κ3) is 2.61. The molecule has 0 saturated carbocycles. The molecule has 146 valence electrons. The summed E-state index contributed by atoms with van der Waals surface area (Å²) in [7, 11) is 3.04. The van der Waals surface area contributed by atoms with Crippen molar-refractivity contribution in [1.82, 2.24) is 9.13 Å². The number of ketones is 1. The molecule has 7 heteroatoms. The van der Waals surface area contributed by atoms with Crippen molar-refractivity contribution in [3.63, 3.8) is 0 Å². The van der Waals surface area contributed by atoms with Gasteiger partial charge in [0.25, 0.3) is 5.56 Å². The summed E-state index contributed by atoms with van der Waals surface area (Å²) < 4.78 is 2.46. The topological polar surface area (TPSA) is 93.3 Å². The molecule has 1 aromatic heterocycles. The number of hydrogen-bond donors (Lipinski definition) is 2. The molecule has 0 radical (unpaired) electrons. The summed E-state index contributed by atoms with van der Waals surface area (Å²) in [6.45, 7) is 4.05. The van der Waals surface area contributed by atoms with Crippen LogP contribution in [0.25, 0.3) is 0 Å².